The average molecular weight is 260 g/mol. The molecule has 3 heteroatoms. The number of amides is 1. The molecule has 1 fully saturated rings. The van der Waals surface area contributed by atoms with Gasteiger partial charge in [0.25, 0.3) is 0 Å². The Bertz CT molecular complexity index is 392. The van der Waals surface area contributed by atoms with Crippen LogP contribution in [0.3, 0.4) is 0 Å². The Morgan fingerprint density at radius 2 is 1.47 bits per heavy atom. The molecule has 1 amide bonds. The molecule has 0 radical (unpaired) electrons. The highest BCUT2D eigenvalue weighted by atomic mass is 16.2. The molecule has 0 aromatic heterocycles. The van der Waals surface area contributed by atoms with Crippen molar-refractivity contribution < 1.29 is 4.79 Å². The van der Waals surface area contributed by atoms with Gasteiger partial charge in [-0.25, -0.2) is 0 Å². The van der Waals surface area contributed by atoms with Gasteiger partial charge in [0.15, 0.2) is 0 Å². The van der Waals surface area contributed by atoms with Crippen molar-refractivity contribution in [2.24, 2.45) is 5.73 Å². The molecule has 1 aliphatic rings. The highest BCUT2D eigenvalue weighted by molar-refractivity contribution is 5.78. The first-order valence-corrected chi connectivity index (χ1v) is 7.35. The van der Waals surface area contributed by atoms with E-state index in [1.807, 2.05) is 29.2 Å². The minimum absolute atomic E-state index is 0.266. The van der Waals surface area contributed by atoms with E-state index in [4.69, 9.17) is 5.73 Å². The van der Waals surface area contributed by atoms with Gasteiger partial charge >= 0.3 is 0 Å². The summed E-state index contributed by atoms with van der Waals surface area (Å²) in [6.45, 7) is 2.42. The highest BCUT2D eigenvalue weighted by Gasteiger charge is 2.14. The number of nitrogens with zero attached hydrogens (tertiary/aromatic N) is 1. The summed E-state index contributed by atoms with van der Waals surface area (Å²) in [7, 11) is 0. The van der Waals surface area contributed by atoms with Crippen molar-refractivity contribution in [2.75, 3.05) is 13.1 Å². The topological polar surface area (TPSA) is 46.3 Å². The minimum atomic E-state index is 0.266. The second kappa shape index (κ2) is 7.29. The summed E-state index contributed by atoms with van der Waals surface area (Å²) in [5.41, 5.74) is 7.78. The molecule has 0 saturated carbocycles. The molecule has 1 aromatic carbocycles. The molecule has 2 N–H and O–H groups in total. The number of hydrogen-bond donors (Lipinski definition) is 1. The highest BCUT2D eigenvalue weighted by Crippen LogP contribution is 2.12. The van der Waals surface area contributed by atoms with Crippen LogP contribution in [0.2, 0.25) is 0 Å². The second-order valence-corrected chi connectivity index (χ2v) is 5.35. The van der Waals surface area contributed by atoms with Crippen molar-refractivity contribution in [1.29, 1.82) is 0 Å². The van der Waals surface area contributed by atoms with Crippen molar-refractivity contribution >= 4 is 5.91 Å². The van der Waals surface area contributed by atoms with E-state index in [1.54, 1.807) is 0 Å². The van der Waals surface area contributed by atoms with E-state index in [0.29, 0.717) is 13.0 Å². The molecule has 19 heavy (non-hydrogen) atoms. The van der Waals surface area contributed by atoms with Crippen LogP contribution in [0.25, 0.3) is 0 Å². The van der Waals surface area contributed by atoms with E-state index in [9.17, 15) is 4.79 Å². The predicted octanol–water partition coefficient (Wildman–Crippen LogP) is 2.48. The molecule has 1 heterocycles. The zero-order chi connectivity index (χ0) is 13.5. The van der Waals surface area contributed by atoms with E-state index in [-0.39, 0.29) is 5.91 Å². The largest absolute Gasteiger partial charge is 0.342 e. The smallest absolute Gasteiger partial charge is 0.226 e. The first-order chi connectivity index (χ1) is 9.29. The van der Waals surface area contributed by atoms with Gasteiger partial charge in [0.1, 0.15) is 0 Å². The van der Waals surface area contributed by atoms with Gasteiger partial charge in [-0.3, -0.25) is 4.79 Å². The summed E-state index contributed by atoms with van der Waals surface area (Å²) in [5, 5.41) is 0. The number of nitrogens with two attached hydrogens (primary N) is 1. The van der Waals surface area contributed by atoms with Crippen LogP contribution < -0.4 is 5.73 Å². The van der Waals surface area contributed by atoms with Crippen LogP contribution in [0.1, 0.15) is 43.2 Å². The van der Waals surface area contributed by atoms with Crippen molar-refractivity contribution in [3.8, 4) is 0 Å². The minimum Gasteiger partial charge on any atom is -0.342 e. The Balaban J connectivity index is 1.90. The predicted molar refractivity (Wildman–Crippen MR) is 77.7 cm³/mol. The Labute approximate surface area is 115 Å². The fourth-order valence-corrected chi connectivity index (χ4v) is 2.58. The standard InChI is InChI=1S/C16H24N2O/c17-13-15-8-6-14(7-9-15)12-16(19)18-10-4-2-1-3-5-11-18/h6-9H,1-5,10-13,17H2. The molecule has 0 bridgehead atoms. The average Bonchev–Trinajstić information content (AvgIpc) is 2.39. The number of rotatable bonds is 3. The number of carbonyl (C=O) groups excluding carboxylic acids is 1. The van der Waals surface area contributed by atoms with Crippen LogP contribution in [0.15, 0.2) is 24.3 Å². The molecule has 3 nitrogen and oxygen atoms in total. The lowest BCUT2D eigenvalue weighted by Crippen LogP contribution is -2.34. The lowest BCUT2D eigenvalue weighted by molar-refractivity contribution is -0.130. The first-order valence-electron chi connectivity index (χ1n) is 7.35. The fourth-order valence-electron chi connectivity index (χ4n) is 2.58. The Morgan fingerprint density at radius 3 is 2.05 bits per heavy atom. The molecule has 0 aliphatic carbocycles. The molecule has 104 valence electrons. The van der Waals surface area contributed by atoms with Gasteiger partial charge in [0.2, 0.25) is 5.91 Å². The van der Waals surface area contributed by atoms with Gasteiger partial charge in [-0.15, -0.1) is 0 Å². The molecule has 1 aliphatic heterocycles. The molecule has 0 unspecified atom stereocenters. The van der Waals surface area contributed by atoms with E-state index >= 15 is 0 Å². The summed E-state index contributed by atoms with van der Waals surface area (Å²) in [5.74, 6) is 0.266. The van der Waals surface area contributed by atoms with Gasteiger partial charge in [-0.05, 0) is 24.0 Å². The maximum Gasteiger partial charge on any atom is 0.226 e. The van der Waals surface area contributed by atoms with E-state index < -0.39 is 0 Å². The number of benzene rings is 1. The van der Waals surface area contributed by atoms with Crippen LogP contribution in [0.5, 0.6) is 0 Å². The maximum atomic E-state index is 12.3. The summed E-state index contributed by atoms with van der Waals surface area (Å²) in [4.78, 5) is 14.3. The van der Waals surface area contributed by atoms with Gasteiger partial charge in [0.05, 0.1) is 6.42 Å². The molecular weight excluding hydrogens is 236 g/mol. The Morgan fingerprint density at radius 1 is 0.947 bits per heavy atom. The quantitative estimate of drug-likeness (QED) is 0.907. The molecular formula is C16H24N2O. The zero-order valence-corrected chi connectivity index (χ0v) is 11.6. The second-order valence-electron chi connectivity index (χ2n) is 5.35. The van der Waals surface area contributed by atoms with Gasteiger partial charge in [0, 0.05) is 19.6 Å². The van der Waals surface area contributed by atoms with Crippen LogP contribution in [0, 0.1) is 0 Å². The van der Waals surface area contributed by atoms with Gasteiger partial charge < -0.3 is 10.6 Å². The van der Waals surface area contributed by atoms with Crippen molar-refractivity contribution in [1.82, 2.24) is 4.90 Å². The van der Waals surface area contributed by atoms with Crippen molar-refractivity contribution in [2.45, 2.75) is 45.1 Å². The Kier molecular flexibility index (Phi) is 5.40. The molecule has 0 atom stereocenters. The van der Waals surface area contributed by atoms with Gasteiger partial charge in [-0.2, -0.15) is 0 Å². The van der Waals surface area contributed by atoms with Crippen LogP contribution >= 0.6 is 0 Å². The fraction of sp³-hybridized carbons (Fsp3) is 0.562. The lowest BCUT2D eigenvalue weighted by Gasteiger charge is -2.24. The van der Waals surface area contributed by atoms with Crippen molar-refractivity contribution in [3.05, 3.63) is 35.4 Å². The van der Waals surface area contributed by atoms with E-state index in [0.717, 1.165) is 37.1 Å². The summed E-state index contributed by atoms with van der Waals surface area (Å²) < 4.78 is 0. The van der Waals surface area contributed by atoms with Crippen molar-refractivity contribution in [3.63, 3.8) is 0 Å². The normalized spacial score (nSPS) is 16.8. The van der Waals surface area contributed by atoms with E-state index in [2.05, 4.69) is 0 Å². The molecule has 2 rings (SSSR count). The SMILES string of the molecule is NCc1ccc(CC(=O)N2CCCCCCC2)cc1. The summed E-state index contributed by atoms with van der Waals surface area (Å²) in [6.07, 6.45) is 6.66. The zero-order valence-electron chi connectivity index (χ0n) is 11.6. The molecule has 0 spiro atoms. The summed E-state index contributed by atoms with van der Waals surface area (Å²) >= 11 is 0. The third-order valence-corrected chi connectivity index (χ3v) is 3.82. The van der Waals surface area contributed by atoms with Crippen LogP contribution in [-0.4, -0.2) is 23.9 Å². The third-order valence-electron chi connectivity index (χ3n) is 3.82. The monoisotopic (exact) mass is 260 g/mol. The maximum absolute atomic E-state index is 12.3. The Hall–Kier alpha value is -1.35. The summed E-state index contributed by atoms with van der Waals surface area (Å²) in [6, 6.07) is 8.06. The molecule has 1 aromatic rings. The van der Waals surface area contributed by atoms with E-state index in [1.165, 1.54) is 19.3 Å². The van der Waals surface area contributed by atoms with Crippen LogP contribution in [0.4, 0.5) is 0 Å². The number of carbonyl (C=O) groups is 1. The van der Waals surface area contributed by atoms with Gasteiger partial charge in [-0.1, -0.05) is 43.5 Å². The third kappa shape index (κ3) is 4.35. The van der Waals surface area contributed by atoms with Crippen LogP contribution in [-0.2, 0) is 17.8 Å². The molecule has 1 saturated heterocycles. The first kappa shape index (κ1) is 14.1. The number of hydrogen-bond acceptors (Lipinski definition) is 2. The lowest BCUT2D eigenvalue weighted by atomic mass is 10.1. The number of likely N-dealkylation sites (tertiary alicyclic amines) is 1.